The summed E-state index contributed by atoms with van der Waals surface area (Å²) in [7, 11) is 2.25. The van der Waals surface area contributed by atoms with Gasteiger partial charge in [-0.3, -0.25) is 0 Å². The molecule has 2 atom stereocenters. The van der Waals surface area contributed by atoms with Crippen molar-refractivity contribution in [3.05, 3.63) is 0 Å². The number of hydrogen-bond donors (Lipinski definition) is 1. The van der Waals surface area contributed by atoms with Crippen LogP contribution in [0, 0.1) is 5.92 Å². The number of piperazine rings is 1. The van der Waals surface area contributed by atoms with Gasteiger partial charge in [-0.25, -0.2) is 0 Å². The predicted molar refractivity (Wildman–Crippen MR) is 68.5 cm³/mol. The Balaban J connectivity index is 1.69. The van der Waals surface area contributed by atoms with Crippen LogP contribution >= 0.6 is 0 Å². The SMILES string of the molecule is CCC1CN(CCC(N)C2CC2)CCN1C. The molecule has 1 aliphatic heterocycles. The van der Waals surface area contributed by atoms with Crippen molar-refractivity contribution < 1.29 is 0 Å². The highest BCUT2D eigenvalue weighted by Gasteiger charge is 2.29. The first-order valence-corrected chi connectivity index (χ1v) is 6.89. The van der Waals surface area contributed by atoms with Gasteiger partial charge in [0.05, 0.1) is 0 Å². The second kappa shape index (κ2) is 5.48. The maximum atomic E-state index is 6.15. The van der Waals surface area contributed by atoms with Gasteiger partial charge in [0.2, 0.25) is 0 Å². The first-order valence-electron chi connectivity index (χ1n) is 6.89. The lowest BCUT2D eigenvalue weighted by Crippen LogP contribution is -2.51. The van der Waals surface area contributed by atoms with Crippen molar-refractivity contribution in [1.29, 1.82) is 0 Å². The molecule has 3 heteroatoms. The third-order valence-electron chi connectivity index (χ3n) is 4.34. The summed E-state index contributed by atoms with van der Waals surface area (Å²) < 4.78 is 0. The highest BCUT2D eigenvalue weighted by Crippen LogP contribution is 2.32. The summed E-state index contributed by atoms with van der Waals surface area (Å²) in [6.45, 7) is 7.19. The molecule has 2 unspecified atom stereocenters. The Kier molecular flexibility index (Phi) is 4.22. The first-order chi connectivity index (χ1) is 7.70. The Morgan fingerprint density at radius 2 is 2.06 bits per heavy atom. The van der Waals surface area contributed by atoms with Crippen LogP contribution in [0.4, 0.5) is 0 Å². The zero-order valence-corrected chi connectivity index (χ0v) is 10.9. The Hall–Kier alpha value is -0.120. The van der Waals surface area contributed by atoms with Crippen molar-refractivity contribution in [3.8, 4) is 0 Å². The van der Waals surface area contributed by atoms with Crippen LogP contribution < -0.4 is 5.73 Å². The van der Waals surface area contributed by atoms with Crippen molar-refractivity contribution in [2.24, 2.45) is 11.7 Å². The minimum atomic E-state index is 0.472. The normalized spacial score (nSPS) is 30.6. The molecule has 0 radical (unpaired) electrons. The number of nitrogens with two attached hydrogens (primary N) is 1. The van der Waals surface area contributed by atoms with Gasteiger partial charge in [0, 0.05) is 31.7 Å². The summed E-state index contributed by atoms with van der Waals surface area (Å²) in [5.41, 5.74) is 6.15. The van der Waals surface area contributed by atoms with Crippen LogP contribution in [0.5, 0.6) is 0 Å². The van der Waals surface area contributed by atoms with E-state index in [0.29, 0.717) is 6.04 Å². The van der Waals surface area contributed by atoms with Crippen molar-refractivity contribution in [2.45, 2.75) is 44.7 Å². The van der Waals surface area contributed by atoms with E-state index in [1.807, 2.05) is 0 Å². The van der Waals surface area contributed by atoms with Gasteiger partial charge in [-0.15, -0.1) is 0 Å². The molecule has 94 valence electrons. The van der Waals surface area contributed by atoms with E-state index in [4.69, 9.17) is 5.73 Å². The Labute approximate surface area is 100.0 Å². The average molecular weight is 225 g/mol. The van der Waals surface area contributed by atoms with E-state index in [1.165, 1.54) is 51.9 Å². The molecule has 0 spiro atoms. The fourth-order valence-corrected chi connectivity index (χ4v) is 2.75. The molecule has 3 nitrogen and oxygen atoms in total. The largest absolute Gasteiger partial charge is 0.327 e. The maximum absolute atomic E-state index is 6.15. The lowest BCUT2D eigenvalue weighted by atomic mass is 10.1. The molecule has 2 rings (SSSR count). The third kappa shape index (κ3) is 3.19. The van der Waals surface area contributed by atoms with Crippen LogP contribution in [0.15, 0.2) is 0 Å². The minimum Gasteiger partial charge on any atom is -0.327 e. The lowest BCUT2D eigenvalue weighted by Gasteiger charge is -2.39. The van der Waals surface area contributed by atoms with Crippen molar-refractivity contribution >= 4 is 0 Å². The van der Waals surface area contributed by atoms with Crippen LogP contribution in [-0.2, 0) is 0 Å². The summed E-state index contributed by atoms with van der Waals surface area (Å²) >= 11 is 0. The fourth-order valence-electron chi connectivity index (χ4n) is 2.75. The third-order valence-corrected chi connectivity index (χ3v) is 4.34. The van der Waals surface area contributed by atoms with E-state index >= 15 is 0 Å². The maximum Gasteiger partial charge on any atom is 0.0218 e. The quantitative estimate of drug-likeness (QED) is 0.761. The minimum absolute atomic E-state index is 0.472. The van der Waals surface area contributed by atoms with Crippen LogP contribution in [0.1, 0.15) is 32.6 Å². The molecule has 1 saturated carbocycles. The van der Waals surface area contributed by atoms with Gasteiger partial charge in [0.15, 0.2) is 0 Å². The second-order valence-electron chi connectivity index (χ2n) is 5.63. The van der Waals surface area contributed by atoms with Gasteiger partial charge in [0.25, 0.3) is 0 Å². The van der Waals surface area contributed by atoms with E-state index in [0.717, 1.165) is 12.0 Å². The Morgan fingerprint density at radius 3 is 2.69 bits per heavy atom. The summed E-state index contributed by atoms with van der Waals surface area (Å²) in [4.78, 5) is 5.10. The summed E-state index contributed by atoms with van der Waals surface area (Å²) in [6, 6.07) is 1.23. The fraction of sp³-hybridized carbons (Fsp3) is 1.00. The van der Waals surface area contributed by atoms with E-state index < -0.39 is 0 Å². The van der Waals surface area contributed by atoms with E-state index in [1.54, 1.807) is 0 Å². The number of likely N-dealkylation sites (N-methyl/N-ethyl adjacent to an activating group) is 1. The van der Waals surface area contributed by atoms with E-state index in [2.05, 4.69) is 23.8 Å². The zero-order valence-electron chi connectivity index (χ0n) is 10.9. The molecule has 1 heterocycles. The predicted octanol–water partition coefficient (Wildman–Crippen LogP) is 1.14. The molecule has 2 aliphatic rings. The van der Waals surface area contributed by atoms with Gasteiger partial charge in [0.1, 0.15) is 0 Å². The molecule has 0 amide bonds. The van der Waals surface area contributed by atoms with Gasteiger partial charge in [-0.1, -0.05) is 6.92 Å². The molecular formula is C13H27N3. The molecule has 2 N–H and O–H groups in total. The summed E-state index contributed by atoms with van der Waals surface area (Å²) in [6.07, 6.45) is 5.22. The van der Waals surface area contributed by atoms with E-state index in [9.17, 15) is 0 Å². The standard InChI is InChI=1S/C13H27N3/c1-3-12-10-16(9-8-15(12)2)7-6-13(14)11-4-5-11/h11-13H,3-10,14H2,1-2H3. The molecule has 0 aromatic rings. The molecule has 0 aromatic carbocycles. The molecule has 1 aliphatic carbocycles. The molecule has 16 heavy (non-hydrogen) atoms. The van der Waals surface area contributed by atoms with Gasteiger partial charge < -0.3 is 15.5 Å². The van der Waals surface area contributed by atoms with Gasteiger partial charge in [-0.05, 0) is 45.2 Å². The highest BCUT2D eigenvalue weighted by atomic mass is 15.3. The summed E-state index contributed by atoms with van der Waals surface area (Å²) in [5.74, 6) is 0.856. The van der Waals surface area contributed by atoms with E-state index in [-0.39, 0.29) is 0 Å². The van der Waals surface area contributed by atoms with Crippen LogP contribution in [0.2, 0.25) is 0 Å². The number of rotatable bonds is 5. The van der Waals surface area contributed by atoms with Gasteiger partial charge >= 0.3 is 0 Å². The van der Waals surface area contributed by atoms with Crippen LogP contribution in [0.25, 0.3) is 0 Å². The monoisotopic (exact) mass is 225 g/mol. The van der Waals surface area contributed by atoms with Crippen LogP contribution in [-0.4, -0.2) is 55.1 Å². The first kappa shape index (κ1) is 12.3. The Morgan fingerprint density at radius 1 is 1.31 bits per heavy atom. The number of nitrogens with zero attached hydrogens (tertiary/aromatic N) is 2. The molecular weight excluding hydrogens is 198 g/mol. The lowest BCUT2D eigenvalue weighted by molar-refractivity contribution is 0.0906. The summed E-state index contributed by atoms with van der Waals surface area (Å²) in [5, 5.41) is 0. The van der Waals surface area contributed by atoms with Gasteiger partial charge in [-0.2, -0.15) is 0 Å². The zero-order chi connectivity index (χ0) is 11.5. The molecule has 2 fully saturated rings. The van der Waals surface area contributed by atoms with Crippen molar-refractivity contribution in [3.63, 3.8) is 0 Å². The second-order valence-corrected chi connectivity index (χ2v) is 5.63. The molecule has 1 saturated heterocycles. The smallest absolute Gasteiger partial charge is 0.0218 e. The van der Waals surface area contributed by atoms with Crippen molar-refractivity contribution in [2.75, 3.05) is 33.2 Å². The topological polar surface area (TPSA) is 32.5 Å². The average Bonchev–Trinajstić information content (AvgIpc) is 3.11. The number of hydrogen-bond acceptors (Lipinski definition) is 3. The molecule has 0 aromatic heterocycles. The molecule has 0 bridgehead atoms. The Bertz CT molecular complexity index is 215. The highest BCUT2D eigenvalue weighted by molar-refractivity contribution is 4.86. The van der Waals surface area contributed by atoms with Crippen LogP contribution in [0.3, 0.4) is 0 Å². The van der Waals surface area contributed by atoms with Crippen molar-refractivity contribution in [1.82, 2.24) is 9.80 Å².